The van der Waals surface area contributed by atoms with E-state index in [2.05, 4.69) is 14.8 Å². The van der Waals surface area contributed by atoms with Crippen LogP contribution < -0.4 is 36.9 Å². The monoisotopic (exact) mass is 922 g/mol. The molecule has 1 aromatic carbocycles. The largest absolute Gasteiger partial charge is 0.504 e. The Morgan fingerprint density at radius 1 is 0.873 bits per heavy atom. The van der Waals surface area contributed by atoms with Gasteiger partial charge in [-0.05, 0) is 17.7 Å². The third-order valence-electron chi connectivity index (χ3n) is 10.6. The van der Waals surface area contributed by atoms with Gasteiger partial charge in [0.15, 0.2) is 17.7 Å². The van der Waals surface area contributed by atoms with Gasteiger partial charge < -0.3 is 92.7 Å². The molecule has 0 radical (unpaired) electrons. The summed E-state index contributed by atoms with van der Waals surface area (Å²) in [5, 5.41) is 105. The van der Waals surface area contributed by atoms with Crippen molar-refractivity contribution < 1.29 is 96.7 Å². The molecular formula is C34H50N8O20S. The first-order valence-corrected chi connectivity index (χ1v) is 20.4. The van der Waals surface area contributed by atoms with E-state index in [9.17, 15) is 87.9 Å². The van der Waals surface area contributed by atoms with Crippen LogP contribution in [-0.4, -0.2) is 203 Å². The first-order valence-electron chi connectivity index (χ1n) is 19.0. The van der Waals surface area contributed by atoms with E-state index in [1.807, 2.05) is 10.6 Å². The molecule has 14 unspecified atom stereocenters. The van der Waals surface area contributed by atoms with Gasteiger partial charge in [-0.25, -0.2) is 0 Å². The minimum absolute atomic E-state index is 0.506. The number of benzene rings is 1. The molecular weight excluding hydrogens is 872 g/mol. The fourth-order valence-electron chi connectivity index (χ4n) is 7.24. The van der Waals surface area contributed by atoms with Crippen molar-refractivity contribution in [2.45, 2.75) is 105 Å². The number of primary amides is 1. The predicted octanol–water partition coefficient (Wildman–Crippen LogP) is -9.65. The first-order chi connectivity index (χ1) is 29.3. The molecule has 3 saturated heterocycles. The van der Waals surface area contributed by atoms with Gasteiger partial charge >= 0.3 is 10.4 Å². The zero-order valence-corrected chi connectivity index (χ0v) is 33.9. The van der Waals surface area contributed by atoms with E-state index in [0.29, 0.717) is 15.9 Å². The highest BCUT2D eigenvalue weighted by Gasteiger charge is 2.50. The van der Waals surface area contributed by atoms with Crippen molar-refractivity contribution in [2.75, 3.05) is 19.7 Å². The molecule has 1 aromatic rings. The lowest BCUT2D eigenvalue weighted by atomic mass is 9.96. The summed E-state index contributed by atoms with van der Waals surface area (Å²) >= 11 is 0. The molecule has 0 spiro atoms. The third-order valence-corrected chi connectivity index (χ3v) is 10.9. The van der Waals surface area contributed by atoms with Crippen molar-refractivity contribution in [3.05, 3.63) is 23.8 Å². The Hall–Kier alpha value is -5.34. The SMILES string of the molecule is CC1CN2C(=O)C(C(O)CC(N)=O)NC(=O)C(C(O)C(O)c3ccc(O)c(OS(=O)(=O)O)c3)NC(=O)C3CC(O)CN3C(=O)C(CO)NC(=O)C(N)CC(O)C(O)NC(=O)C2C1O. The number of aliphatic hydroxyl groups excluding tert-OH is 8. The molecule has 18 N–H and O–H groups in total. The minimum Gasteiger partial charge on any atom is -0.504 e. The fourth-order valence-corrected chi connectivity index (χ4v) is 7.60. The lowest BCUT2D eigenvalue weighted by Crippen LogP contribution is -2.64. The predicted molar refractivity (Wildman–Crippen MR) is 203 cm³/mol. The standard InChI is InChI=1S/C34H50N8O20S/c1-11-8-42-24(25(11)49)32(56)40-30(54)19(47)6-14(35)28(52)37-15(10-43)33(57)41-9-13(44)5-16(41)29(53)39-23(31(55)38-22(34(42)58)18(46)7-21(36)48)27(51)26(50)12-2-3-17(45)20(4-12)62-63(59,60)61/h2-4,11,13-16,18-19,22-27,30,43-47,49-51,54H,5-10,35H2,1H3,(H2,36,48)(H,37,52)(H,38,55)(H,39,53)(H,40,56)(H,59,60,61). The molecule has 0 aliphatic carbocycles. The van der Waals surface area contributed by atoms with E-state index < -0.39 is 193 Å². The number of phenolic OH excluding ortho intramolecular Hbond substituents is 1. The van der Waals surface area contributed by atoms with E-state index in [4.69, 9.17) is 16.0 Å². The number of aromatic hydroxyl groups is 1. The summed E-state index contributed by atoms with van der Waals surface area (Å²) in [5.41, 5.74) is 10.6. The van der Waals surface area contributed by atoms with E-state index in [-0.39, 0.29) is 0 Å². The van der Waals surface area contributed by atoms with Crippen molar-refractivity contribution in [2.24, 2.45) is 17.4 Å². The summed E-state index contributed by atoms with van der Waals surface area (Å²) in [4.78, 5) is 96.0. The Bertz CT molecular complexity index is 2030. The van der Waals surface area contributed by atoms with Crippen molar-refractivity contribution in [3.8, 4) is 11.5 Å². The number of carbonyl (C=O) groups is 7. The van der Waals surface area contributed by atoms with Gasteiger partial charge in [0.2, 0.25) is 41.4 Å². The van der Waals surface area contributed by atoms with Crippen molar-refractivity contribution in [1.29, 1.82) is 0 Å². The zero-order chi connectivity index (χ0) is 47.4. The van der Waals surface area contributed by atoms with Crippen LogP contribution >= 0.6 is 0 Å². The Morgan fingerprint density at radius 3 is 2.11 bits per heavy atom. The molecule has 352 valence electrons. The lowest BCUT2D eigenvalue weighted by molar-refractivity contribution is -0.149. The second kappa shape index (κ2) is 20.4. The number of carbonyl (C=O) groups excluding carboxylic acids is 7. The third kappa shape index (κ3) is 12.0. The van der Waals surface area contributed by atoms with Gasteiger partial charge in [-0.2, -0.15) is 8.42 Å². The summed E-state index contributed by atoms with van der Waals surface area (Å²) in [7, 11) is -5.30. The molecule has 0 aromatic heterocycles. The Kier molecular flexibility index (Phi) is 16.3. The highest BCUT2D eigenvalue weighted by atomic mass is 32.3. The molecule has 28 nitrogen and oxygen atoms in total. The number of hydrogen-bond acceptors (Lipinski definition) is 20. The number of nitrogens with zero attached hydrogens (tertiary/aromatic N) is 2. The Morgan fingerprint density at radius 2 is 1.51 bits per heavy atom. The maximum absolute atomic E-state index is 14.3. The van der Waals surface area contributed by atoms with Gasteiger partial charge in [-0.1, -0.05) is 13.0 Å². The number of nitrogens with one attached hydrogen (secondary N) is 4. The summed E-state index contributed by atoms with van der Waals surface area (Å²) in [6.45, 7) is -0.921. The second-order valence-electron chi connectivity index (χ2n) is 15.3. The number of rotatable bonds is 9. The van der Waals surface area contributed by atoms with Gasteiger partial charge in [0.05, 0.1) is 37.4 Å². The minimum atomic E-state index is -5.30. The number of fused-ring (bicyclic) bond motifs is 2. The maximum atomic E-state index is 14.3. The van der Waals surface area contributed by atoms with Crippen LogP contribution in [0.3, 0.4) is 0 Å². The van der Waals surface area contributed by atoms with Crippen molar-refractivity contribution in [3.63, 3.8) is 0 Å². The molecule has 0 saturated carbocycles. The van der Waals surface area contributed by atoms with Crippen LogP contribution in [0.5, 0.6) is 11.5 Å². The van der Waals surface area contributed by atoms with Gasteiger partial charge in [0, 0.05) is 31.8 Å². The smallest absolute Gasteiger partial charge is 0.446 e. The van der Waals surface area contributed by atoms with Crippen LogP contribution in [-0.2, 0) is 44.0 Å². The van der Waals surface area contributed by atoms with Crippen LogP contribution in [0.1, 0.15) is 37.9 Å². The topological polar surface area (TPSA) is 472 Å². The van der Waals surface area contributed by atoms with E-state index in [1.54, 1.807) is 0 Å². The summed E-state index contributed by atoms with van der Waals surface area (Å²) < 4.78 is 36.1. The number of hydrogen-bond donors (Lipinski definition) is 16. The average molecular weight is 923 g/mol. The van der Waals surface area contributed by atoms with Crippen LogP contribution in [0.2, 0.25) is 0 Å². The highest BCUT2D eigenvalue weighted by molar-refractivity contribution is 7.81. The first kappa shape index (κ1) is 50.3. The second-order valence-corrected chi connectivity index (χ2v) is 16.3. The summed E-state index contributed by atoms with van der Waals surface area (Å²) in [6, 6.07) is -10.1. The summed E-state index contributed by atoms with van der Waals surface area (Å²) in [5.74, 6) is -12.4. The quantitative estimate of drug-likeness (QED) is 0.102. The van der Waals surface area contributed by atoms with Crippen LogP contribution in [0.4, 0.5) is 0 Å². The van der Waals surface area contributed by atoms with Gasteiger partial charge in [0.25, 0.3) is 0 Å². The Labute approximate surface area is 356 Å². The molecule has 0 bridgehead atoms. The highest BCUT2D eigenvalue weighted by Crippen LogP contribution is 2.32. The normalized spacial score (nSPS) is 32.2. The molecule has 3 aliphatic heterocycles. The fraction of sp³-hybridized carbons (Fsp3) is 0.618. The molecule has 4 rings (SSSR count). The van der Waals surface area contributed by atoms with Crippen LogP contribution in [0.15, 0.2) is 18.2 Å². The van der Waals surface area contributed by atoms with E-state index in [0.717, 1.165) is 12.1 Å². The van der Waals surface area contributed by atoms with Crippen molar-refractivity contribution in [1.82, 2.24) is 31.1 Å². The number of nitrogens with two attached hydrogens (primary N) is 2. The van der Waals surface area contributed by atoms with E-state index >= 15 is 0 Å². The van der Waals surface area contributed by atoms with Gasteiger partial charge in [-0.15, -0.1) is 0 Å². The molecule has 3 heterocycles. The molecule has 7 amide bonds. The number of amides is 7. The van der Waals surface area contributed by atoms with E-state index in [1.165, 1.54) is 6.92 Å². The molecule has 63 heavy (non-hydrogen) atoms. The lowest BCUT2D eigenvalue weighted by Gasteiger charge is -2.34. The molecule has 14 atom stereocenters. The van der Waals surface area contributed by atoms with Crippen molar-refractivity contribution >= 4 is 51.7 Å². The van der Waals surface area contributed by atoms with Gasteiger partial charge in [0.1, 0.15) is 48.5 Å². The average Bonchev–Trinajstić information content (AvgIpc) is 3.74. The number of phenols is 1. The summed E-state index contributed by atoms with van der Waals surface area (Å²) in [6.07, 6.45) is -17.3. The molecule has 29 heteroatoms. The van der Waals surface area contributed by atoms with Crippen LogP contribution in [0, 0.1) is 5.92 Å². The van der Waals surface area contributed by atoms with Gasteiger partial charge in [-0.3, -0.25) is 38.1 Å². The Balaban J connectivity index is 1.86. The molecule has 3 aliphatic rings. The maximum Gasteiger partial charge on any atom is 0.446 e. The zero-order valence-electron chi connectivity index (χ0n) is 33.1. The molecule has 3 fully saturated rings. The number of aliphatic hydroxyl groups is 8. The van der Waals surface area contributed by atoms with Crippen LogP contribution in [0.25, 0.3) is 0 Å².